The number of allylic oxidation sites excluding steroid dienone is 1. The highest BCUT2D eigenvalue weighted by Gasteiger charge is 2.30. The molecule has 1 saturated heterocycles. The zero-order chi connectivity index (χ0) is 17.1. The Hall–Kier alpha value is -0.770. The Morgan fingerprint density at radius 2 is 1.43 bits per heavy atom. The molecule has 0 aliphatic carbocycles. The lowest BCUT2D eigenvalue weighted by molar-refractivity contribution is -0.115. The molecule has 1 unspecified atom stereocenters. The van der Waals surface area contributed by atoms with Crippen molar-refractivity contribution in [3.63, 3.8) is 0 Å². The predicted octanol–water partition coefficient (Wildman–Crippen LogP) is 6.19. The number of amides is 2. The van der Waals surface area contributed by atoms with Gasteiger partial charge in [-0.1, -0.05) is 84.6 Å². The number of thioether (sulfide) groups is 1. The summed E-state index contributed by atoms with van der Waals surface area (Å²) in [5.41, 5.74) is 0.0320. The van der Waals surface area contributed by atoms with Crippen molar-refractivity contribution >= 4 is 22.9 Å². The van der Waals surface area contributed by atoms with Crippen molar-refractivity contribution in [2.75, 3.05) is 0 Å². The van der Waals surface area contributed by atoms with Gasteiger partial charge < -0.3 is 0 Å². The van der Waals surface area contributed by atoms with E-state index in [-0.39, 0.29) is 16.6 Å². The van der Waals surface area contributed by atoms with E-state index in [1.54, 1.807) is 0 Å². The molecule has 0 bridgehead atoms. The molecule has 1 rings (SSSR count). The van der Waals surface area contributed by atoms with Crippen LogP contribution in [-0.4, -0.2) is 11.1 Å². The lowest BCUT2D eigenvalue weighted by Gasteiger charge is -2.27. The van der Waals surface area contributed by atoms with E-state index in [0.29, 0.717) is 4.91 Å². The first-order valence-electron chi connectivity index (χ1n) is 9.27. The van der Waals surface area contributed by atoms with Crippen LogP contribution >= 0.6 is 11.8 Å². The van der Waals surface area contributed by atoms with Gasteiger partial charge in [-0.2, -0.15) is 0 Å². The summed E-state index contributed by atoms with van der Waals surface area (Å²) < 4.78 is 0. The molecule has 0 radical (unpaired) electrons. The summed E-state index contributed by atoms with van der Waals surface area (Å²) in [5, 5.41) is 2.13. The van der Waals surface area contributed by atoms with Crippen LogP contribution in [0.5, 0.6) is 0 Å². The first kappa shape index (κ1) is 20.3. The summed E-state index contributed by atoms with van der Waals surface area (Å²) in [6.45, 7) is 6.71. The van der Waals surface area contributed by atoms with Crippen LogP contribution in [0, 0.1) is 5.41 Å². The smallest absolute Gasteiger partial charge is 0.282 e. The lowest BCUT2D eigenvalue weighted by atomic mass is 9.79. The monoisotopic (exact) mass is 339 g/mol. The Labute approximate surface area is 146 Å². The van der Waals surface area contributed by atoms with Crippen molar-refractivity contribution in [2.45, 2.75) is 91.4 Å². The van der Waals surface area contributed by atoms with Gasteiger partial charge in [-0.05, 0) is 30.0 Å². The molecular formula is C19H33NO2S. The maximum absolute atomic E-state index is 11.8. The Morgan fingerprint density at radius 1 is 0.913 bits per heavy atom. The molecule has 0 aromatic carbocycles. The molecule has 1 fully saturated rings. The zero-order valence-corrected chi connectivity index (χ0v) is 15.9. The van der Waals surface area contributed by atoms with E-state index in [2.05, 4.69) is 32.2 Å². The van der Waals surface area contributed by atoms with Gasteiger partial charge in [0.15, 0.2) is 0 Å². The van der Waals surface area contributed by atoms with E-state index in [4.69, 9.17) is 0 Å². The van der Waals surface area contributed by atoms with Crippen LogP contribution in [0.1, 0.15) is 91.4 Å². The van der Waals surface area contributed by atoms with Crippen LogP contribution in [0.3, 0.4) is 0 Å². The first-order chi connectivity index (χ1) is 11.0. The topological polar surface area (TPSA) is 46.2 Å². The van der Waals surface area contributed by atoms with Gasteiger partial charge >= 0.3 is 0 Å². The standard InChI is InChI=1S/C19H33NO2S/c1-4-6-8-10-12-14-19(3,13-11-9-7-5-2)15-16-17(21)20-18(22)23-16/h15H,4-14H2,1-3H3,(H,20,21,22)/b16-15+. The summed E-state index contributed by atoms with van der Waals surface area (Å²) in [7, 11) is 0. The van der Waals surface area contributed by atoms with E-state index in [1.807, 2.05) is 0 Å². The Bertz CT molecular complexity index is 420. The van der Waals surface area contributed by atoms with Gasteiger partial charge in [0.25, 0.3) is 11.1 Å². The summed E-state index contributed by atoms with van der Waals surface area (Å²) in [6.07, 6.45) is 15.6. The number of carbonyl (C=O) groups is 2. The predicted molar refractivity (Wildman–Crippen MR) is 99.5 cm³/mol. The van der Waals surface area contributed by atoms with Crippen molar-refractivity contribution in [2.24, 2.45) is 5.41 Å². The number of hydrogen-bond donors (Lipinski definition) is 1. The molecule has 0 aromatic rings. The van der Waals surface area contributed by atoms with Gasteiger partial charge in [0.2, 0.25) is 0 Å². The highest BCUT2D eigenvalue weighted by atomic mass is 32.2. The molecule has 1 aliphatic rings. The number of carbonyl (C=O) groups excluding carboxylic acids is 2. The van der Waals surface area contributed by atoms with Crippen LogP contribution < -0.4 is 5.32 Å². The minimum atomic E-state index is -0.238. The van der Waals surface area contributed by atoms with Gasteiger partial charge in [-0.3, -0.25) is 14.9 Å². The summed E-state index contributed by atoms with van der Waals surface area (Å²) in [5.74, 6) is -0.217. The number of rotatable bonds is 12. The van der Waals surface area contributed by atoms with Crippen LogP contribution in [-0.2, 0) is 4.79 Å². The van der Waals surface area contributed by atoms with Crippen molar-refractivity contribution in [1.29, 1.82) is 0 Å². The molecule has 4 heteroatoms. The van der Waals surface area contributed by atoms with Crippen LogP contribution in [0.2, 0.25) is 0 Å². The molecule has 0 spiro atoms. The first-order valence-corrected chi connectivity index (χ1v) is 10.1. The largest absolute Gasteiger partial charge is 0.290 e. The second-order valence-electron chi connectivity index (χ2n) is 6.98. The minimum Gasteiger partial charge on any atom is -0.282 e. The summed E-state index contributed by atoms with van der Waals surface area (Å²) >= 11 is 1.05. The van der Waals surface area contributed by atoms with Crippen LogP contribution in [0.15, 0.2) is 11.0 Å². The lowest BCUT2D eigenvalue weighted by Crippen LogP contribution is -2.20. The van der Waals surface area contributed by atoms with Gasteiger partial charge in [-0.25, -0.2) is 0 Å². The second kappa shape index (κ2) is 10.9. The third-order valence-corrected chi connectivity index (χ3v) is 5.39. The van der Waals surface area contributed by atoms with Crippen LogP contribution in [0.4, 0.5) is 4.79 Å². The number of unbranched alkanes of at least 4 members (excludes halogenated alkanes) is 7. The quantitative estimate of drug-likeness (QED) is 0.340. The fourth-order valence-electron chi connectivity index (χ4n) is 3.09. The number of imide groups is 1. The summed E-state index contributed by atoms with van der Waals surface area (Å²) in [4.78, 5) is 23.8. The normalized spacial score (nSPS) is 19.2. The molecule has 0 saturated carbocycles. The van der Waals surface area contributed by atoms with Crippen LogP contribution in [0.25, 0.3) is 0 Å². The maximum atomic E-state index is 11.8. The van der Waals surface area contributed by atoms with Crippen molar-refractivity contribution < 1.29 is 9.59 Å². The third-order valence-electron chi connectivity index (χ3n) is 4.57. The third kappa shape index (κ3) is 8.05. The van der Waals surface area contributed by atoms with Crippen molar-refractivity contribution in [3.05, 3.63) is 11.0 Å². The van der Waals surface area contributed by atoms with E-state index in [0.717, 1.165) is 24.6 Å². The fraction of sp³-hybridized carbons (Fsp3) is 0.789. The minimum absolute atomic E-state index is 0.0320. The molecule has 1 N–H and O–H groups in total. The molecule has 1 atom stereocenters. The van der Waals surface area contributed by atoms with Gasteiger partial charge in [0, 0.05) is 0 Å². The highest BCUT2D eigenvalue weighted by Crippen LogP contribution is 2.37. The van der Waals surface area contributed by atoms with E-state index < -0.39 is 0 Å². The Morgan fingerprint density at radius 3 is 1.91 bits per heavy atom. The molecule has 23 heavy (non-hydrogen) atoms. The Kier molecular flexibility index (Phi) is 9.61. The maximum Gasteiger partial charge on any atom is 0.290 e. The highest BCUT2D eigenvalue weighted by molar-refractivity contribution is 8.18. The molecule has 1 heterocycles. The molecule has 132 valence electrons. The average molecular weight is 340 g/mol. The molecule has 0 aromatic heterocycles. The van der Waals surface area contributed by atoms with E-state index >= 15 is 0 Å². The second-order valence-corrected chi connectivity index (χ2v) is 8.00. The van der Waals surface area contributed by atoms with E-state index in [1.165, 1.54) is 57.8 Å². The van der Waals surface area contributed by atoms with Gasteiger partial charge in [-0.15, -0.1) is 0 Å². The van der Waals surface area contributed by atoms with Crippen molar-refractivity contribution in [3.8, 4) is 0 Å². The molecule has 3 nitrogen and oxygen atoms in total. The molecule has 1 aliphatic heterocycles. The van der Waals surface area contributed by atoms with E-state index in [9.17, 15) is 9.59 Å². The number of nitrogens with one attached hydrogen (secondary N) is 1. The zero-order valence-electron chi connectivity index (χ0n) is 15.1. The van der Waals surface area contributed by atoms with Gasteiger partial charge in [0.05, 0.1) is 4.91 Å². The average Bonchev–Trinajstić information content (AvgIpc) is 2.81. The van der Waals surface area contributed by atoms with Crippen molar-refractivity contribution in [1.82, 2.24) is 5.32 Å². The molecular weight excluding hydrogens is 306 g/mol. The number of hydrogen-bond acceptors (Lipinski definition) is 3. The van der Waals surface area contributed by atoms with Gasteiger partial charge in [0.1, 0.15) is 0 Å². The molecule has 2 amide bonds. The fourth-order valence-corrected chi connectivity index (χ4v) is 3.93. The summed E-state index contributed by atoms with van der Waals surface area (Å²) in [6, 6.07) is 0. The Balaban J connectivity index is 2.61. The SMILES string of the molecule is CCCCCCCC(C)(/C=C1/SC(=O)NC1=O)CCCCCC.